The number of carbonyl (C=O) groups excluding carboxylic acids is 1. The molecular weight excluding hydrogens is 388 g/mol. The lowest BCUT2D eigenvalue weighted by Crippen LogP contribution is -2.35. The molecule has 4 rings (SSSR count). The van der Waals surface area contributed by atoms with Crippen molar-refractivity contribution in [3.63, 3.8) is 0 Å². The lowest BCUT2D eigenvalue weighted by Gasteiger charge is -2.20. The molecule has 8 heteroatoms. The van der Waals surface area contributed by atoms with Crippen molar-refractivity contribution in [1.82, 2.24) is 5.01 Å². The molecule has 0 saturated carbocycles. The Morgan fingerprint density at radius 1 is 1.07 bits per heavy atom. The molecule has 1 N–H and O–H groups in total. The van der Waals surface area contributed by atoms with Crippen LogP contribution in [-0.4, -0.2) is 40.2 Å². The number of hydrazone groups is 1. The minimum atomic E-state index is -0.458. The highest BCUT2D eigenvalue weighted by molar-refractivity contribution is 8.26. The molecule has 2 aliphatic heterocycles. The maximum absolute atomic E-state index is 12.4. The van der Waals surface area contributed by atoms with Crippen molar-refractivity contribution in [3.05, 3.63) is 65.7 Å². The summed E-state index contributed by atoms with van der Waals surface area (Å²) >= 11 is 1.28. The number of nitrogens with one attached hydrogen (secondary N) is 1. The number of para-hydroxylation sites is 2. The van der Waals surface area contributed by atoms with Crippen LogP contribution in [0, 0.1) is 5.41 Å². The number of ether oxygens (including phenoxy) is 2. The van der Waals surface area contributed by atoms with Crippen molar-refractivity contribution in [1.29, 1.82) is 5.41 Å². The van der Waals surface area contributed by atoms with Crippen molar-refractivity contribution in [3.8, 4) is 11.5 Å². The fraction of sp³-hybridized carbons (Fsp3) is 0.143. The van der Waals surface area contributed by atoms with Crippen LogP contribution >= 0.6 is 11.8 Å². The zero-order valence-electron chi connectivity index (χ0n) is 15.7. The van der Waals surface area contributed by atoms with E-state index in [1.54, 1.807) is 6.08 Å². The molecule has 0 fully saturated rings. The largest absolute Gasteiger partial charge is 0.490 e. The monoisotopic (exact) mass is 406 g/mol. The van der Waals surface area contributed by atoms with Crippen LogP contribution in [0.15, 0.2) is 70.3 Å². The maximum Gasteiger partial charge on any atom is 0.283 e. The van der Waals surface area contributed by atoms with Crippen molar-refractivity contribution in [2.75, 3.05) is 13.2 Å². The summed E-state index contributed by atoms with van der Waals surface area (Å²) in [7, 11) is 0. The molecule has 0 aromatic heterocycles. The molecular formula is C21H18N4O3S. The van der Waals surface area contributed by atoms with Gasteiger partial charge in [0.05, 0.1) is 10.6 Å². The van der Waals surface area contributed by atoms with Gasteiger partial charge in [-0.15, -0.1) is 0 Å². The van der Waals surface area contributed by atoms with Crippen LogP contribution in [-0.2, 0) is 4.79 Å². The smallest absolute Gasteiger partial charge is 0.283 e. The van der Waals surface area contributed by atoms with Crippen LogP contribution in [0.3, 0.4) is 0 Å². The summed E-state index contributed by atoms with van der Waals surface area (Å²) in [5.41, 5.74) is 0.857. The second-order valence-corrected chi connectivity index (χ2v) is 7.35. The van der Waals surface area contributed by atoms with Gasteiger partial charge in [-0.25, -0.2) is 0 Å². The third-order valence-corrected chi connectivity index (χ3v) is 4.95. The summed E-state index contributed by atoms with van der Waals surface area (Å²) in [6.07, 6.45) is 1.62. The van der Waals surface area contributed by atoms with Gasteiger partial charge in [-0.2, -0.15) is 15.1 Å². The lowest BCUT2D eigenvalue weighted by molar-refractivity contribution is -0.114. The summed E-state index contributed by atoms with van der Waals surface area (Å²) in [6.45, 7) is 2.54. The predicted molar refractivity (Wildman–Crippen MR) is 115 cm³/mol. The van der Waals surface area contributed by atoms with Crippen molar-refractivity contribution in [2.24, 2.45) is 10.1 Å². The molecule has 29 heavy (non-hydrogen) atoms. The van der Waals surface area contributed by atoms with E-state index in [-0.39, 0.29) is 11.4 Å². The first-order valence-corrected chi connectivity index (χ1v) is 9.80. The van der Waals surface area contributed by atoms with Gasteiger partial charge in [0.1, 0.15) is 24.7 Å². The molecule has 0 radical (unpaired) electrons. The molecule has 2 aromatic carbocycles. The zero-order chi connectivity index (χ0) is 20.2. The third-order valence-electron chi connectivity index (χ3n) is 4.13. The number of carbonyl (C=O) groups is 1. The van der Waals surface area contributed by atoms with E-state index in [2.05, 4.69) is 10.1 Å². The molecule has 1 amide bonds. The third kappa shape index (κ3) is 4.22. The highest BCUT2D eigenvalue weighted by atomic mass is 32.2. The van der Waals surface area contributed by atoms with Gasteiger partial charge in [0.15, 0.2) is 5.84 Å². The Labute approximate surface area is 172 Å². The van der Waals surface area contributed by atoms with E-state index in [1.807, 2.05) is 61.5 Å². The van der Waals surface area contributed by atoms with E-state index in [1.165, 1.54) is 16.8 Å². The number of nitrogens with zero attached hydrogens (tertiary/aromatic N) is 3. The highest BCUT2D eigenvalue weighted by Gasteiger charge is 2.34. The molecule has 7 nitrogen and oxygen atoms in total. The molecule has 0 atom stereocenters. The van der Waals surface area contributed by atoms with Gasteiger partial charge in [0.25, 0.3) is 5.91 Å². The number of hydrogen-bond donors (Lipinski definition) is 1. The second kappa shape index (κ2) is 8.32. The van der Waals surface area contributed by atoms with Gasteiger partial charge in [-0.05, 0) is 43.0 Å². The molecule has 2 aromatic rings. The van der Waals surface area contributed by atoms with Crippen LogP contribution < -0.4 is 9.47 Å². The Hall–Kier alpha value is -3.39. The molecule has 2 heterocycles. The summed E-state index contributed by atoms with van der Waals surface area (Å²) in [5.74, 6) is 0.927. The number of fused-ring (bicyclic) bond motifs is 1. The fourth-order valence-corrected chi connectivity index (χ4v) is 3.54. The minimum Gasteiger partial charge on any atom is -0.490 e. The molecule has 0 unspecified atom stereocenters. The van der Waals surface area contributed by atoms with Crippen LogP contribution in [0.4, 0.5) is 0 Å². The van der Waals surface area contributed by atoms with Gasteiger partial charge in [-0.3, -0.25) is 10.2 Å². The van der Waals surface area contributed by atoms with Gasteiger partial charge < -0.3 is 9.47 Å². The molecule has 0 saturated heterocycles. The number of amides is 1. The number of thioether (sulfide) groups is 1. The maximum atomic E-state index is 12.4. The van der Waals surface area contributed by atoms with E-state index < -0.39 is 5.91 Å². The fourth-order valence-electron chi connectivity index (χ4n) is 2.80. The minimum absolute atomic E-state index is 0.00608. The van der Waals surface area contributed by atoms with Crippen LogP contribution in [0.25, 0.3) is 6.08 Å². The Morgan fingerprint density at radius 3 is 2.62 bits per heavy atom. The number of rotatable bonds is 6. The molecule has 2 aliphatic rings. The van der Waals surface area contributed by atoms with Crippen LogP contribution in [0.5, 0.6) is 11.5 Å². The first-order chi connectivity index (χ1) is 14.1. The van der Waals surface area contributed by atoms with Crippen molar-refractivity contribution in [2.45, 2.75) is 6.92 Å². The molecule has 0 bridgehead atoms. The zero-order valence-corrected chi connectivity index (χ0v) is 16.5. The van der Waals surface area contributed by atoms with Gasteiger partial charge in [0.2, 0.25) is 5.17 Å². The summed E-state index contributed by atoms with van der Waals surface area (Å²) in [4.78, 5) is 16.5. The molecule has 0 spiro atoms. The van der Waals surface area contributed by atoms with E-state index in [9.17, 15) is 4.79 Å². The summed E-state index contributed by atoms with van der Waals surface area (Å²) in [6, 6.07) is 16.9. The van der Waals surface area contributed by atoms with Crippen LogP contribution in [0.1, 0.15) is 12.5 Å². The summed E-state index contributed by atoms with van der Waals surface area (Å²) < 4.78 is 11.5. The lowest BCUT2D eigenvalue weighted by atomic mass is 10.1. The average Bonchev–Trinajstić information content (AvgIpc) is 3.10. The predicted octanol–water partition coefficient (Wildman–Crippen LogP) is 3.78. The van der Waals surface area contributed by atoms with Crippen molar-refractivity contribution >= 4 is 39.8 Å². The van der Waals surface area contributed by atoms with E-state index in [0.717, 1.165) is 10.8 Å². The molecule has 0 aliphatic carbocycles. The van der Waals surface area contributed by atoms with Crippen LogP contribution in [0.2, 0.25) is 0 Å². The number of aliphatic imine (C=N–C) groups is 1. The topological polar surface area (TPSA) is 87.3 Å². The first-order valence-electron chi connectivity index (χ1n) is 8.98. The standard InChI is InChI=1S/C21H18N4O3S/c1-14-24-25-19(22)17(20(26)23-21(25)29-14)13-15-7-5-6-10-18(15)28-12-11-27-16-8-3-2-4-9-16/h2-10,13,22H,11-12H2,1H3/b17-13+,22-19?. The quantitative estimate of drug-likeness (QED) is 0.583. The van der Waals surface area contributed by atoms with Gasteiger partial charge in [-0.1, -0.05) is 36.4 Å². The highest BCUT2D eigenvalue weighted by Crippen LogP contribution is 2.29. The number of hydrogen-bond acceptors (Lipinski definition) is 6. The Kier molecular flexibility index (Phi) is 5.44. The molecule has 146 valence electrons. The number of amidine groups is 2. The van der Waals surface area contributed by atoms with Crippen molar-refractivity contribution < 1.29 is 14.3 Å². The Morgan fingerprint density at radius 2 is 1.79 bits per heavy atom. The van der Waals surface area contributed by atoms with Gasteiger partial charge >= 0.3 is 0 Å². The van der Waals surface area contributed by atoms with E-state index in [4.69, 9.17) is 14.9 Å². The van der Waals surface area contributed by atoms with E-state index >= 15 is 0 Å². The van der Waals surface area contributed by atoms with E-state index in [0.29, 0.717) is 29.7 Å². The SMILES string of the molecule is CC1=NN2C(=N)/C(=C\c3ccccc3OCCOc3ccccc3)C(=O)N=C2S1. The Balaban J connectivity index is 1.48. The Bertz CT molecular complexity index is 1050. The average molecular weight is 406 g/mol. The van der Waals surface area contributed by atoms with Gasteiger partial charge in [0, 0.05) is 5.56 Å². The number of benzene rings is 2. The normalized spacial score (nSPS) is 17.1. The second-order valence-electron chi connectivity index (χ2n) is 6.19. The first kappa shape index (κ1) is 18.9. The summed E-state index contributed by atoms with van der Waals surface area (Å²) in [5, 5.41) is 15.1.